The van der Waals surface area contributed by atoms with Gasteiger partial charge in [0.05, 0.1) is 5.69 Å². The monoisotopic (exact) mass is 294 g/mol. The highest BCUT2D eigenvalue weighted by atomic mass is 19.1. The third-order valence-corrected chi connectivity index (χ3v) is 4.05. The third kappa shape index (κ3) is 4.37. The quantitative estimate of drug-likeness (QED) is 0.875. The highest BCUT2D eigenvalue weighted by Crippen LogP contribution is 2.20. The van der Waals surface area contributed by atoms with Crippen LogP contribution in [-0.2, 0) is 6.42 Å². The SMILES string of the molecule is CCc1ncnc(NCC2CCCCN2CC(C)C)c1F. The predicted molar refractivity (Wildman–Crippen MR) is 83.9 cm³/mol. The number of hydrogen-bond donors (Lipinski definition) is 1. The number of aromatic nitrogens is 2. The molecule has 1 aromatic heterocycles. The maximum atomic E-state index is 14.1. The van der Waals surface area contributed by atoms with Gasteiger partial charge in [0, 0.05) is 19.1 Å². The number of piperidine rings is 1. The Balaban J connectivity index is 1.97. The van der Waals surface area contributed by atoms with Crippen molar-refractivity contribution in [2.24, 2.45) is 5.92 Å². The van der Waals surface area contributed by atoms with Crippen molar-refractivity contribution in [3.8, 4) is 0 Å². The zero-order valence-electron chi connectivity index (χ0n) is 13.4. The van der Waals surface area contributed by atoms with Crippen molar-refractivity contribution in [2.45, 2.75) is 52.5 Å². The molecule has 0 aliphatic carbocycles. The van der Waals surface area contributed by atoms with Gasteiger partial charge in [-0.05, 0) is 31.7 Å². The van der Waals surface area contributed by atoms with E-state index in [4.69, 9.17) is 0 Å². The molecule has 1 fully saturated rings. The van der Waals surface area contributed by atoms with E-state index in [0.29, 0.717) is 29.9 Å². The molecule has 1 atom stereocenters. The molecular formula is C16H27FN4. The Morgan fingerprint density at radius 1 is 1.38 bits per heavy atom. The van der Waals surface area contributed by atoms with Crippen LogP contribution in [0.25, 0.3) is 0 Å². The van der Waals surface area contributed by atoms with Gasteiger partial charge in [0.25, 0.3) is 0 Å². The van der Waals surface area contributed by atoms with Crippen molar-refractivity contribution in [1.29, 1.82) is 0 Å². The summed E-state index contributed by atoms with van der Waals surface area (Å²) in [5.74, 6) is 0.705. The van der Waals surface area contributed by atoms with Gasteiger partial charge in [-0.2, -0.15) is 0 Å². The summed E-state index contributed by atoms with van der Waals surface area (Å²) < 4.78 is 14.1. The van der Waals surface area contributed by atoms with Gasteiger partial charge >= 0.3 is 0 Å². The Hall–Kier alpha value is -1.23. The van der Waals surface area contributed by atoms with E-state index in [9.17, 15) is 4.39 Å². The second-order valence-corrected chi connectivity index (χ2v) is 6.26. The van der Waals surface area contributed by atoms with Crippen LogP contribution in [0.4, 0.5) is 10.2 Å². The minimum Gasteiger partial charge on any atom is -0.366 e. The van der Waals surface area contributed by atoms with Crippen LogP contribution in [0, 0.1) is 11.7 Å². The van der Waals surface area contributed by atoms with Crippen molar-refractivity contribution < 1.29 is 4.39 Å². The fourth-order valence-corrected chi connectivity index (χ4v) is 2.99. The molecule has 0 saturated carbocycles. The number of nitrogens with zero attached hydrogens (tertiary/aromatic N) is 3. The average Bonchev–Trinajstić information content (AvgIpc) is 2.47. The van der Waals surface area contributed by atoms with Crippen LogP contribution in [0.1, 0.15) is 45.7 Å². The normalized spacial score (nSPS) is 20.0. The molecule has 1 N–H and O–H groups in total. The molecule has 118 valence electrons. The maximum Gasteiger partial charge on any atom is 0.186 e. The molecule has 0 bridgehead atoms. The number of nitrogens with one attached hydrogen (secondary N) is 1. The van der Waals surface area contributed by atoms with Crippen LogP contribution in [-0.4, -0.2) is 40.5 Å². The second kappa shape index (κ2) is 7.69. The van der Waals surface area contributed by atoms with Crippen LogP contribution >= 0.6 is 0 Å². The number of anilines is 1. The van der Waals surface area contributed by atoms with Crippen molar-refractivity contribution >= 4 is 5.82 Å². The summed E-state index contributed by atoms with van der Waals surface area (Å²) in [6.07, 6.45) is 5.73. The van der Waals surface area contributed by atoms with Gasteiger partial charge in [-0.15, -0.1) is 0 Å². The number of hydrogen-bond acceptors (Lipinski definition) is 4. The van der Waals surface area contributed by atoms with Gasteiger partial charge in [0.2, 0.25) is 0 Å². The summed E-state index contributed by atoms with van der Waals surface area (Å²) in [6, 6.07) is 0.473. The summed E-state index contributed by atoms with van der Waals surface area (Å²) in [5.41, 5.74) is 0.482. The molecule has 1 saturated heterocycles. The van der Waals surface area contributed by atoms with E-state index < -0.39 is 0 Å². The van der Waals surface area contributed by atoms with Crippen molar-refractivity contribution in [3.63, 3.8) is 0 Å². The van der Waals surface area contributed by atoms with Crippen molar-refractivity contribution in [1.82, 2.24) is 14.9 Å². The van der Waals surface area contributed by atoms with E-state index in [-0.39, 0.29) is 5.82 Å². The highest BCUT2D eigenvalue weighted by Gasteiger charge is 2.23. The zero-order chi connectivity index (χ0) is 15.2. The van der Waals surface area contributed by atoms with E-state index in [1.165, 1.54) is 25.6 Å². The van der Waals surface area contributed by atoms with Crippen molar-refractivity contribution in [2.75, 3.05) is 25.0 Å². The van der Waals surface area contributed by atoms with Gasteiger partial charge in [0.1, 0.15) is 6.33 Å². The Bertz CT molecular complexity index is 450. The number of halogens is 1. The smallest absolute Gasteiger partial charge is 0.186 e. The van der Waals surface area contributed by atoms with Crippen LogP contribution in [0.3, 0.4) is 0 Å². The lowest BCUT2D eigenvalue weighted by molar-refractivity contribution is 0.139. The number of aryl methyl sites for hydroxylation is 1. The van der Waals surface area contributed by atoms with Crippen LogP contribution in [0.5, 0.6) is 0 Å². The first-order valence-corrected chi connectivity index (χ1v) is 8.09. The Labute approximate surface area is 127 Å². The molecule has 0 spiro atoms. The third-order valence-electron chi connectivity index (χ3n) is 4.05. The summed E-state index contributed by atoms with van der Waals surface area (Å²) in [6.45, 7) is 9.41. The van der Waals surface area contributed by atoms with Gasteiger partial charge in [-0.3, -0.25) is 4.90 Å². The number of rotatable bonds is 6. The number of likely N-dealkylation sites (tertiary alicyclic amines) is 1. The average molecular weight is 294 g/mol. The molecule has 2 rings (SSSR count). The highest BCUT2D eigenvalue weighted by molar-refractivity contribution is 5.37. The van der Waals surface area contributed by atoms with E-state index in [1.54, 1.807) is 0 Å². The summed E-state index contributed by atoms with van der Waals surface area (Å²) >= 11 is 0. The standard InChI is InChI=1S/C16H27FN4/c1-4-14-15(17)16(20-11-19-14)18-9-13-7-5-6-8-21(13)10-12(2)3/h11-13H,4-10H2,1-3H3,(H,18,19,20). The molecule has 1 unspecified atom stereocenters. The zero-order valence-corrected chi connectivity index (χ0v) is 13.4. The van der Waals surface area contributed by atoms with Gasteiger partial charge in [-0.25, -0.2) is 14.4 Å². The fraction of sp³-hybridized carbons (Fsp3) is 0.750. The first kappa shape index (κ1) is 16.1. The Morgan fingerprint density at radius 2 is 2.19 bits per heavy atom. The lowest BCUT2D eigenvalue weighted by atomic mass is 10.0. The first-order valence-electron chi connectivity index (χ1n) is 8.09. The van der Waals surface area contributed by atoms with Gasteiger partial charge in [0.15, 0.2) is 11.6 Å². The molecule has 0 amide bonds. The lowest BCUT2D eigenvalue weighted by Crippen LogP contribution is -2.45. The van der Waals surface area contributed by atoms with Crippen LogP contribution < -0.4 is 5.32 Å². The van der Waals surface area contributed by atoms with Crippen LogP contribution in [0.2, 0.25) is 0 Å². The van der Waals surface area contributed by atoms with E-state index in [1.807, 2.05) is 6.92 Å². The fourth-order valence-electron chi connectivity index (χ4n) is 2.99. The molecule has 1 aliphatic heterocycles. The topological polar surface area (TPSA) is 41.1 Å². The molecule has 4 nitrogen and oxygen atoms in total. The molecule has 1 aromatic rings. The van der Waals surface area contributed by atoms with Gasteiger partial charge < -0.3 is 5.32 Å². The summed E-state index contributed by atoms with van der Waals surface area (Å²) in [7, 11) is 0. The molecule has 2 heterocycles. The molecule has 21 heavy (non-hydrogen) atoms. The minimum absolute atomic E-state index is 0.300. The molecule has 0 radical (unpaired) electrons. The Morgan fingerprint density at radius 3 is 2.90 bits per heavy atom. The van der Waals surface area contributed by atoms with Gasteiger partial charge in [-0.1, -0.05) is 27.2 Å². The van der Waals surface area contributed by atoms with E-state index >= 15 is 0 Å². The maximum absolute atomic E-state index is 14.1. The molecular weight excluding hydrogens is 267 g/mol. The van der Waals surface area contributed by atoms with E-state index in [0.717, 1.165) is 19.6 Å². The second-order valence-electron chi connectivity index (χ2n) is 6.26. The summed E-state index contributed by atoms with van der Waals surface area (Å²) in [5, 5.41) is 3.19. The predicted octanol–water partition coefficient (Wildman–Crippen LogP) is 3.10. The summed E-state index contributed by atoms with van der Waals surface area (Å²) in [4.78, 5) is 10.5. The van der Waals surface area contributed by atoms with Crippen molar-refractivity contribution in [3.05, 3.63) is 17.8 Å². The largest absolute Gasteiger partial charge is 0.366 e. The molecule has 1 aliphatic rings. The molecule has 0 aromatic carbocycles. The van der Waals surface area contributed by atoms with Crippen LogP contribution in [0.15, 0.2) is 6.33 Å². The van der Waals surface area contributed by atoms with E-state index in [2.05, 4.69) is 34.0 Å². The lowest BCUT2D eigenvalue weighted by Gasteiger charge is -2.37. The first-order chi connectivity index (χ1) is 10.1. The Kier molecular flexibility index (Phi) is 5.91. The minimum atomic E-state index is -0.300. The molecule has 5 heteroatoms.